The zero-order valence-electron chi connectivity index (χ0n) is 14.3. The van der Waals surface area contributed by atoms with E-state index in [1.807, 2.05) is 30.9 Å². The molecule has 3 aromatic rings. The standard InChI is InChI=1S/C16H20N8S/c1-11-19-13(6-15(20-11)21-16-22-17-10-25-16)14-4-3-5-24(14)9-12-7-18-23(2)8-12/h6-8,10,14H,3-5,9H2,1-2H3,(H,19,20,21,22)/t14-/m0/s1. The van der Waals surface area contributed by atoms with Gasteiger partial charge in [0, 0.05) is 31.4 Å². The number of nitrogens with zero attached hydrogens (tertiary/aromatic N) is 7. The molecule has 130 valence electrons. The molecule has 0 radical (unpaired) electrons. The second kappa shape index (κ2) is 6.85. The molecular formula is C16H20N8S. The third kappa shape index (κ3) is 3.67. The van der Waals surface area contributed by atoms with E-state index >= 15 is 0 Å². The smallest absolute Gasteiger partial charge is 0.210 e. The number of likely N-dealkylation sites (tertiary alicyclic amines) is 1. The van der Waals surface area contributed by atoms with E-state index in [-0.39, 0.29) is 0 Å². The zero-order chi connectivity index (χ0) is 17.2. The molecule has 0 unspecified atom stereocenters. The molecule has 8 nitrogen and oxygen atoms in total. The van der Waals surface area contributed by atoms with E-state index in [1.165, 1.54) is 23.3 Å². The van der Waals surface area contributed by atoms with E-state index in [2.05, 4.69) is 36.7 Å². The van der Waals surface area contributed by atoms with Crippen molar-refractivity contribution in [2.45, 2.75) is 32.4 Å². The molecular weight excluding hydrogens is 336 g/mol. The Morgan fingerprint density at radius 2 is 2.28 bits per heavy atom. The van der Waals surface area contributed by atoms with Crippen molar-refractivity contribution in [3.05, 3.63) is 41.1 Å². The highest BCUT2D eigenvalue weighted by atomic mass is 32.1. The summed E-state index contributed by atoms with van der Waals surface area (Å²) in [6.07, 6.45) is 6.29. The monoisotopic (exact) mass is 356 g/mol. The van der Waals surface area contributed by atoms with Crippen LogP contribution in [-0.2, 0) is 13.6 Å². The van der Waals surface area contributed by atoms with Crippen LogP contribution in [0.4, 0.5) is 10.9 Å². The summed E-state index contributed by atoms with van der Waals surface area (Å²) in [6, 6.07) is 2.33. The average Bonchev–Trinajstić information content (AvgIpc) is 3.30. The van der Waals surface area contributed by atoms with Gasteiger partial charge in [0.2, 0.25) is 5.13 Å². The van der Waals surface area contributed by atoms with Gasteiger partial charge < -0.3 is 5.32 Å². The number of hydrogen-bond acceptors (Lipinski definition) is 8. The maximum absolute atomic E-state index is 4.70. The van der Waals surface area contributed by atoms with Gasteiger partial charge in [-0.15, -0.1) is 10.2 Å². The van der Waals surface area contributed by atoms with Crippen LogP contribution >= 0.6 is 11.3 Å². The Morgan fingerprint density at radius 3 is 3.04 bits per heavy atom. The van der Waals surface area contributed by atoms with E-state index in [1.54, 1.807) is 5.51 Å². The molecule has 1 fully saturated rings. The first-order valence-electron chi connectivity index (χ1n) is 8.28. The molecule has 1 N–H and O–H groups in total. The molecule has 1 saturated heterocycles. The van der Waals surface area contributed by atoms with Gasteiger partial charge in [-0.2, -0.15) is 5.10 Å². The average molecular weight is 356 g/mol. The second-order valence-corrected chi connectivity index (χ2v) is 7.08. The summed E-state index contributed by atoms with van der Waals surface area (Å²) in [4.78, 5) is 11.6. The third-order valence-electron chi connectivity index (χ3n) is 4.30. The summed E-state index contributed by atoms with van der Waals surface area (Å²) in [5.74, 6) is 1.53. The number of aryl methyl sites for hydroxylation is 2. The lowest BCUT2D eigenvalue weighted by Gasteiger charge is -2.24. The summed E-state index contributed by atoms with van der Waals surface area (Å²) in [7, 11) is 1.95. The molecule has 1 atom stereocenters. The minimum absolute atomic E-state index is 0.303. The third-order valence-corrected chi connectivity index (χ3v) is 4.91. The van der Waals surface area contributed by atoms with E-state index in [0.29, 0.717) is 6.04 Å². The number of anilines is 2. The van der Waals surface area contributed by atoms with Gasteiger partial charge in [-0.25, -0.2) is 9.97 Å². The lowest BCUT2D eigenvalue weighted by molar-refractivity contribution is 0.244. The Labute approximate surface area is 149 Å². The maximum Gasteiger partial charge on any atom is 0.210 e. The Kier molecular flexibility index (Phi) is 4.41. The van der Waals surface area contributed by atoms with Crippen LogP contribution in [0.1, 0.15) is 36.0 Å². The van der Waals surface area contributed by atoms with E-state index in [4.69, 9.17) is 4.98 Å². The first-order valence-corrected chi connectivity index (χ1v) is 9.16. The molecule has 1 aliphatic heterocycles. The molecule has 0 aliphatic carbocycles. The Morgan fingerprint density at radius 1 is 1.36 bits per heavy atom. The molecule has 4 rings (SSSR count). The van der Waals surface area contributed by atoms with Gasteiger partial charge in [-0.1, -0.05) is 11.3 Å². The van der Waals surface area contributed by atoms with Gasteiger partial charge in [0.25, 0.3) is 0 Å². The molecule has 9 heteroatoms. The predicted octanol–water partition coefficient (Wildman–Crippen LogP) is 2.45. The summed E-state index contributed by atoms with van der Waals surface area (Å²) >= 11 is 1.45. The summed E-state index contributed by atoms with van der Waals surface area (Å²) in [5, 5.41) is 16.1. The summed E-state index contributed by atoms with van der Waals surface area (Å²) in [5.41, 5.74) is 3.98. The highest BCUT2D eigenvalue weighted by Gasteiger charge is 2.28. The van der Waals surface area contributed by atoms with Crippen molar-refractivity contribution in [1.82, 2.24) is 34.8 Å². The van der Waals surface area contributed by atoms with Crippen LogP contribution < -0.4 is 5.32 Å². The molecule has 4 heterocycles. The Bertz CT molecular complexity index is 844. The molecule has 0 amide bonds. The van der Waals surface area contributed by atoms with E-state index < -0.39 is 0 Å². The lowest BCUT2D eigenvalue weighted by Crippen LogP contribution is -2.23. The fourth-order valence-corrected chi connectivity index (χ4v) is 3.75. The Hall–Kier alpha value is -2.39. The van der Waals surface area contributed by atoms with Crippen molar-refractivity contribution in [2.75, 3.05) is 11.9 Å². The zero-order valence-corrected chi connectivity index (χ0v) is 15.1. The quantitative estimate of drug-likeness (QED) is 0.751. The minimum Gasteiger partial charge on any atom is -0.315 e. The van der Waals surface area contributed by atoms with Crippen molar-refractivity contribution in [2.24, 2.45) is 7.05 Å². The highest BCUT2D eigenvalue weighted by molar-refractivity contribution is 7.13. The van der Waals surface area contributed by atoms with Crippen LogP contribution in [0.15, 0.2) is 24.0 Å². The Balaban J connectivity index is 1.56. The lowest BCUT2D eigenvalue weighted by atomic mass is 10.1. The normalized spacial score (nSPS) is 17.9. The van der Waals surface area contributed by atoms with E-state index in [9.17, 15) is 0 Å². The molecule has 0 saturated carbocycles. The molecule has 0 aromatic carbocycles. The van der Waals surface area contributed by atoms with Gasteiger partial charge in [0.1, 0.15) is 17.2 Å². The first kappa shape index (κ1) is 16.1. The van der Waals surface area contributed by atoms with Crippen LogP contribution in [0.25, 0.3) is 0 Å². The van der Waals surface area contributed by atoms with Crippen LogP contribution in [-0.4, -0.2) is 41.4 Å². The fourth-order valence-electron chi connectivity index (χ4n) is 3.30. The van der Waals surface area contributed by atoms with Crippen molar-refractivity contribution < 1.29 is 0 Å². The SMILES string of the molecule is Cc1nc(Nc2nncs2)cc([C@@H]2CCCN2Cc2cnn(C)c2)n1. The van der Waals surface area contributed by atoms with E-state index in [0.717, 1.165) is 42.0 Å². The highest BCUT2D eigenvalue weighted by Crippen LogP contribution is 2.33. The van der Waals surface area contributed by atoms with Gasteiger partial charge in [0.05, 0.1) is 17.9 Å². The van der Waals surface area contributed by atoms with Crippen LogP contribution in [0.3, 0.4) is 0 Å². The van der Waals surface area contributed by atoms with Crippen LogP contribution in [0.5, 0.6) is 0 Å². The minimum atomic E-state index is 0.303. The maximum atomic E-state index is 4.70. The van der Waals surface area contributed by atoms with Crippen molar-refractivity contribution in [3.8, 4) is 0 Å². The van der Waals surface area contributed by atoms with Gasteiger partial charge in [-0.3, -0.25) is 9.58 Å². The summed E-state index contributed by atoms with van der Waals surface area (Å²) < 4.78 is 1.85. The fraction of sp³-hybridized carbons (Fsp3) is 0.438. The largest absolute Gasteiger partial charge is 0.315 e. The number of hydrogen-bond donors (Lipinski definition) is 1. The first-order chi connectivity index (χ1) is 12.2. The predicted molar refractivity (Wildman–Crippen MR) is 95.6 cm³/mol. The molecule has 1 aliphatic rings. The topological polar surface area (TPSA) is 84.7 Å². The molecule has 0 bridgehead atoms. The number of nitrogens with one attached hydrogen (secondary N) is 1. The van der Waals surface area contributed by atoms with Crippen molar-refractivity contribution in [1.29, 1.82) is 0 Å². The van der Waals surface area contributed by atoms with Gasteiger partial charge in [-0.05, 0) is 26.3 Å². The molecule has 3 aromatic heterocycles. The van der Waals surface area contributed by atoms with Crippen molar-refractivity contribution >= 4 is 22.3 Å². The van der Waals surface area contributed by atoms with Crippen LogP contribution in [0.2, 0.25) is 0 Å². The summed E-state index contributed by atoms with van der Waals surface area (Å²) in [6.45, 7) is 3.89. The second-order valence-electron chi connectivity index (χ2n) is 6.24. The van der Waals surface area contributed by atoms with Crippen molar-refractivity contribution in [3.63, 3.8) is 0 Å². The molecule has 0 spiro atoms. The molecule has 25 heavy (non-hydrogen) atoms. The number of rotatable bonds is 5. The van der Waals surface area contributed by atoms with Gasteiger partial charge >= 0.3 is 0 Å². The van der Waals surface area contributed by atoms with Crippen LogP contribution in [0, 0.1) is 6.92 Å². The van der Waals surface area contributed by atoms with Gasteiger partial charge in [0.15, 0.2) is 0 Å². The number of aromatic nitrogens is 6.